The molecule has 0 aromatic heterocycles. The van der Waals surface area contributed by atoms with Gasteiger partial charge in [0.1, 0.15) is 12.4 Å². The fourth-order valence-electron chi connectivity index (χ4n) is 1.78. The van der Waals surface area contributed by atoms with E-state index in [0.29, 0.717) is 11.3 Å². The van der Waals surface area contributed by atoms with Crippen molar-refractivity contribution in [2.45, 2.75) is 13.0 Å². The zero-order chi connectivity index (χ0) is 16.7. The number of ether oxygens (including phenoxy) is 2. The van der Waals surface area contributed by atoms with Crippen LogP contribution in [0.4, 0.5) is 14.5 Å². The van der Waals surface area contributed by atoms with Crippen molar-refractivity contribution in [1.29, 1.82) is 0 Å². The molecule has 6 heteroatoms. The van der Waals surface area contributed by atoms with Gasteiger partial charge in [0, 0.05) is 0 Å². The van der Waals surface area contributed by atoms with Gasteiger partial charge in [-0.1, -0.05) is 30.3 Å². The second-order valence-electron chi connectivity index (χ2n) is 4.56. The molecule has 0 fully saturated rings. The first-order chi connectivity index (χ1) is 11.1. The van der Waals surface area contributed by atoms with E-state index >= 15 is 0 Å². The number of hydrogen-bond acceptors (Lipinski definition) is 4. The Labute approximate surface area is 132 Å². The SMILES string of the molecule is COc1ccc(N=C(C(=O)OCc2ccccc2)C(F)F)cc1. The first-order valence-corrected chi connectivity index (χ1v) is 6.82. The van der Waals surface area contributed by atoms with Crippen molar-refractivity contribution in [2.24, 2.45) is 4.99 Å². The first kappa shape index (κ1) is 16.6. The van der Waals surface area contributed by atoms with E-state index in [-0.39, 0.29) is 12.3 Å². The molecule has 4 nitrogen and oxygen atoms in total. The molecule has 0 amide bonds. The summed E-state index contributed by atoms with van der Waals surface area (Å²) in [4.78, 5) is 15.5. The van der Waals surface area contributed by atoms with Gasteiger partial charge in [-0.2, -0.15) is 0 Å². The monoisotopic (exact) mass is 319 g/mol. The van der Waals surface area contributed by atoms with Gasteiger partial charge in [-0.25, -0.2) is 18.6 Å². The third-order valence-electron chi connectivity index (χ3n) is 2.95. The Hall–Kier alpha value is -2.76. The molecular formula is C17H15F2NO3. The summed E-state index contributed by atoms with van der Waals surface area (Å²) < 4.78 is 36.0. The zero-order valence-corrected chi connectivity index (χ0v) is 12.4. The minimum absolute atomic E-state index is 0.0893. The van der Waals surface area contributed by atoms with Crippen molar-refractivity contribution in [1.82, 2.24) is 0 Å². The van der Waals surface area contributed by atoms with E-state index in [0.717, 1.165) is 0 Å². The number of carbonyl (C=O) groups is 1. The summed E-state index contributed by atoms with van der Waals surface area (Å²) in [6.45, 7) is -0.0893. The summed E-state index contributed by atoms with van der Waals surface area (Å²) in [6.07, 6.45) is -3.03. The Morgan fingerprint density at radius 3 is 2.30 bits per heavy atom. The number of alkyl halides is 2. The lowest BCUT2D eigenvalue weighted by Gasteiger charge is -2.07. The molecule has 0 aliphatic heterocycles. The molecule has 23 heavy (non-hydrogen) atoms. The number of esters is 1. The van der Waals surface area contributed by atoms with Gasteiger partial charge in [-0.3, -0.25) is 0 Å². The van der Waals surface area contributed by atoms with Crippen molar-refractivity contribution < 1.29 is 23.0 Å². The van der Waals surface area contributed by atoms with Gasteiger partial charge in [-0.05, 0) is 29.8 Å². The summed E-state index contributed by atoms with van der Waals surface area (Å²) in [7, 11) is 1.49. The molecule has 0 heterocycles. The van der Waals surface area contributed by atoms with Gasteiger partial charge >= 0.3 is 5.97 Å². The normalized spacial score (nSPS) is 11.4. The smallest absolute Gasteiger partial charge is 0.359 e. The predicted octanol–water partition coefficient (Wildman–Crippen LogP) is 3.78. The molecule has 0 saturated heterocycles. The summed E-state index contributed by atoms with van der Waals surface area (Å²) in [5, 5.41) is 0. The molecule has 2 rings (SSSR count). The van der Waals surface area contributed by atoms with E-state index in [1.807, 2.05) is 0 Å². The van der Waals surface area contributed by atoms with Crippen molar-refractivity contribution in [3.63, 3.8) is 0 Å². The average molecular weight is 319 g/mol. The van der Waals surface area contributed by atoms with E-state index in [9.17, 15) is 13.6 Å². The second-order valence-corrected chi connectivity index (χ2v) is 4.56. The third kappa shape index (κ3) is 4.88. The molecule has 0 saturated carbocycles. The van der Waals surface area contributed by atoms with Gasteiger partial charge in [0.25, 0.3) is 6.43 Å². The van der Waals surface area contributed by atoms with Crippen molar-refractivity contribution in [3.8, 4) is 5.75 Å². The number of methoxy groups -OCH3 is 1. The fraction of sp³-hybridized carbons (Fsp3) is 0.176. The molecule has 0 atom stereocenters. The molecule has 2 aromatic carbocycles. The first-order valence-electron chi connectivity index (χ1n) is 6.82. The zero-order valence-electron chi connectivity index (χ0n) is 12.4. The van der Waals surface area contributed by atoms with Crippen LogP contribution in [0.3, 0.4) is 0 Å². The minimum Gasteiger partial charge on any atom is -0.497 e. The highest BCUT2D eigenvalue weighted by Gasteiger charge is 2.24. The maximum atomic E-state index is 13.1. The van der Waals surface area contributed by atoms with E-state index < -0.39 is 18.1 Å². The Bertz CT molecular complexity index is 670. The number of halogens is 2. The molecule has 0 bridgehead atoms. The molecular weight excluding hydrogens is 304 g/mol. The minimum atomic E-state index is -3.03. The van der Waals surface area contributed by atoms with E-state index in [4.69, 9.17) is 9.47 Å². The molecule has 0 aliphatic carbocycles. The molecule has 120 valence electrons. The summed E-state index contributed by atoms with van der Waals surface area (Å²) in [5.74, 6) is -0.575. The van der Waals surface area contributed by atoms with Crippen LogP contribution in [0, 0.1) is 0 Å². The van der Waals surface area contributed by atoms with Crippen LogP contribution < -0.4 is 4.74 Å². The highest BCUT2D eigenvalue weighted by atomic mass is 19.3. The number of nitrogens with zero attached hydrogens (tertiary/aromatic N) is 1. The summed E-state index contributed by atoms with van der Waals surface area (Å²) >= 11 is 0. The maximum Gasteiger partial charge on any atom is 0.359 e. The van der Waals surface area contributed by atoms with Crippen LogP contribution >= 0.6 is 0 Å². The molecule has 0 radical (unpaired) electrons. The Morgan fingerprint density at radius 2 is 1.74 bits per heavy atom. The Kier molecular flexibility index (Phi) is 5.80. The standard InChI is InChI=1S/C17H15F2NO3/c1-22-14-9-7-13(8-10-14)20-15(16(18)19)17(21)23-11-12-5-3-2-4-6-12/h2-10,16H,11H2,1H3. The highest BCUT2D eigenvalue weighted by molar-refractivity contribution is 6.38. The van der Waals surface area contributed by atoms with Crippen LogP contribution in [0.25, 0.3) is 0 Å². The number of carbonyl (C=O) groups excluding carboxylic acids is 1. The third-order valence-corrected chi connectivity index (χ3v) is 2.95. The highest BCUT2D eigenvalue weighted by Crippen LogP contribution is 2.19. The maximum absolute atomic E-state index is 13.1. The van der Waals surface area contributed by atoms with Gasteiger partial charge in [0.15, 0.2) is 5.71 Å². The van der Waals surface area contributed by atoms with E-state index in [1.165, 1.54) is 19.2 Å². The average Bonchev–Trinajstić information content (AvgIpc) is 2.58. The number of aliphatic imine (C=N–C) groups is 1. The largest absolute Gasteiger partial charge is 0.497 e. The van der Waals surface area contributed by atoms with Crippen LogP contribution in [-0.2, 0) is 16.1 Å². The molecule has 0 N–H and O–H groups in total. The number of rotatable bonds is 6. The molecule has 0 spiro atoms. The summed E-state index contributed by atoms with van der Waals surface area (Å²) in [6, 6.07) is 14.9. The van der Waals surface area contributed by atoms with Crippen molar-refractivity contribution in [2.75, 3.05) is 7.11 Å². The fourth-order valence-corrected chi connectivity index (χ4v) is 1.78. The Morgan fingerprint density at radius 1 is 1.09 bits per heavy atom. The van der Waals surface area contributed by atoms with Crippen LogP contribution in [-0.4, -0.2) is 25.2 Å². The quantitative estimate of drug-likeness (QED) is 0.601. The van der Waals surface area contributed by atoms with Crippen LogP contribution in [0.5, 0.6) is 5.75 Å². The molecule has 2 aromatic rings. The predicted molar refractivity (Wildman–Crippen MR) is 82.3 cm³/mol. The molecule has 0 unspecified atom stereocenters. The van der Waals surface area contributed by atoms with Gasteiger partial charge in [-0.15, -0.1) is 0 Å². The number of benzene rings is 2. The molecule has 0 aliphatic rings. The van der Waals surface area contributed by atoms with Crippen LogP contribution in [0.1, 0.15) is 5.56 Å². The van der Waals surface area contributed by atoms with Crippen molar-refractivity contribution in [3.05, 3.63) is 60.2 Å². The topological polar surface area (TPSA) is 47.9 Å². The lowest BCUT2D eigenvalue weighted by atomic mass is 10.2. The van der Waals surface area contributed by atoms with Gasteiger partial charge in [0.05, 0.1) is 12.8 Å². The van der Waals surface area contributed by atoms with E-state index in [2.05, 4.69) is 4.99 Å². The lowest BCUT2D eigenvalue weighted by molar-refractivity contribution is -0.137. The van der Waals surface area contributed by atoms with Crippen LogP contribution in [0.15, 0.2) is 59.6 Å². The number of hydrogen-bond donors (Lipinski definition) is 0. The Balaban J connectivity index is 2.10. The lowest BCUT2D eigenvalue weighted by Crippen LogP contribution is -2.24. The van der Waals surface area contributed by atoms with Gasteiger partial charge < -0.3 is 9.47 Å². The van der Waals surface area contributed by atoms with Crippen LogP contribution in [0.2, 0.25) is 0 Å². The summed E-state index contributed by atoms with van der Waals surface area (Å²) in [5.41, 5.74) is 0.00257. The second kappa shape index (κ2) is 8.03. The van der Waals surface area contributed by atoms with Gasteiger partial charge in [0.2, 0.25) is 0 Å². The van der Waals surface area contributed by atoms with Crippen molar-refractivity contribution >= 4 is 17.4 Å². The van der Waals surface area contributed by atoms with E-state index in [1.54, 1.807) is 42.5 Å².